The fraction of sp³-hybridized carbons (Fsp3) is 0.333. The lowest BCUT2D eigenvalue weighted by Gasteiger charge is -2.37. The van der Waals surface area contributed by atoms with Gasteiger partial charge in [-0.15, -0.1) is 0 Å². The van der Waals surface area contributed by atoms with Crippen LogP contribution in [0.15, 0.2) is 42.9 Å². The summed E-state index contributed by atoms with van der Waals surface area (Å²) in [6.45, 7) is 7.06. The molecule has 0 atom stereocenters. The van der Waals surface area contributed by atoms with Gasteiger partial charge in [-0.25, -0.2) is 9.97 Å². The first-order valence-electron chi connectivity index (χ1n) is 9.43. The SMILES string of the molecule is CC(C)Oc1nccnc1N1CCN(c2c(C#N)cnc3ccccc23)CC1. The molecule has 0 aliphatic carbocycles. The lowest BCUT2D eigenvalue weighted by atomic mass is 10.1. The summed E-state index contributed by atoms with van der Waals surface area (Å²) in [7, 11) is 0. The van der Waals surface area contributed by atoms with E-state index in [0.717, 1.165) is 48.6 Å². The predicted molar refractivity (Wildman–Crippen MR) is 109 cm³/mol. The van der Waals surface area contributed by atoms with Gasteiger partial charge in [0, 0.05) is 50.2 Å². The lowest BCUT2D eigenvalue weighted by Crippen LogP contribution is -2.47. The number of nitrogens with zero attached hydrogens (tertiary/aromatic N) is 6. The van der Waals surface area contributed by atoms with Gasteiger partial charge in [0.2, 0.25) is 0 Å². The summed E-state index contributed by atoms with van der Waals surface area (Å²) >= 11 is 0. The average Bonchev–Trinajstić information content (AvgIpc) is 2.73. The Morgan fingerprint density at radius 2 is 1.71 bits per heavy atom. The molecule has 2 aromatic heterocycles. The molecule has 0 radical (unpaired) electrons. The predicted octanol–water partition coefficient (Wildman–Crippen LogP) is 3.01. The standard InChI is InChI=1S/C21H22N6O/c1-15(2)28-21-20(23-7-8-24-21)27-11-9-26(10-12-27)19-16(13-22)14-25-18-6-4-3-5-17(18)19/h3-8,14-15H,9-12H2,1-2H3. The van der Waals surface area contributed by atoms with Crippen LogP contribution < -0.4 is 14.5 Å². The van der Waals surface area contributed by atoms with E-state index in [9.17, 15) is 5.26 Å². The van der Waals surface area contributed by atoms with Gasteiger partial charge in [0.05, 0.1) is 22.9 Å². The topological polar surface area (TPSA) is 78.2 Å². The van der Waals surface area contributed by atoms with Crippen molar-refractivity contribution in [1.29, 1.82) is 5.26 Å². The van der Waals surface area contributed by atoms with Crippen LogP contribution in [0.2, 0.25) is 0 Å². The zero-order valence-corrected chi connectivity index (χ0v) is 16.0. The number of nitriles is 1. The molecule has 0 saturated carbocycles. The van der Waals surface area contributed by atoms with Crippen molar-refractivity contribution in [2.75, 3.05) is 36.0 Å². The van der Waals surface area contributed by atoms with E-state index in [2.05, 4.69) is 30.8 Å². The molecule has 4 rings (SSSR count). The van der Waals surface area contributed by atoms with E-state index in [0.29, 0.717) is 11.4 Å². The van der Waals surface area contributed by atoms with Gasteiger partial charge in [0.15, 0.2) is 5.82 Å². The first kappa shape index (κ1) is 18.0. The van der Waals surface area contributed by atoms with E-state index >= 15 is 0 Å². The summed E-state index contributed by atoms with van der Waals surface area (Å²) in [5.74, 6) is 1.34. The number of hydrogen-bond acceptors (Lipinski definition) is 7. The van der Waals surface area contributed by atoms with Crippen molar-refractivity contribution in [2.45, 2.75) is 20.0 Å². The van der Waals surface area contributed by atoms with E-state index in [1.54, 1.807) is 18.6 Å². The molecule has 3 aromatic rings. The molecule has 142 valence electrons. The van der Waals surface area contributed by atoms with Gasteiger partial charge in [0.1, 0.15) is 6.07 Å². The molecule has 1 aliphatic rings. The largest absolute Gasteiger partial charge is 0.472 e. The maximum atomic E-state index is 9.60. The number of hydrogen-bond donors (Lipinski definition) is 0. The second kappa shape index (κ2) is 7.69. The molecule has 1 aliphatic heterocycles. The molecular weight excluding hydrogens is 352 g/mol. The van der Waals surface area contributed by atoms with Gasteiger partial charge in [-0.05, 0) is 19.9 Å². The highest BCUT2D eigenvalue weighted by atomic mass is 16.5. The quantitative estimate of drug-likeness (QED) is 0.694. The van der Waals surface area contributed by atoms with E-state index in [1.165, 1.54) is 0 Å². The second-order valence-corrected chi connectivity index (χ2v) is 6.98. The van der Waals surface area contributed by atoms with Crippen LogP contribution in [0.25, 0.3) is 10.9 Å². The number of fused-ring (bicyclic) bond motifs is 1. The fourth-order valence-electron chi connectivity index (χ4n) is 3.53. The van der Waals surface area contributed by atoms with Gasteiger partial charge in [0.25, 0.3) is 5.88 Å². The van der Waals surface area contributed by atoms with Crippen molar-refractivity contribution < 1.29 is 4.74 Å². The maximum absolute atomic E-state index is 9.60. The van der Waals surface area contributed by atoms with Crippen LogP contribution in [-0.2, 0) is 0 Å². The summed E-state index contributed by atoms with van der Waals surface area (Å²) in [6, 6.07) is 10.3. The summed E-state index contributed by atoms with van der Waals surface area (Å²) in [4.78, 5) is 17.7. The molecule has 0 amide bonds. The highest BCUT2D eigenvalue weighted by Crippen LogP contribution is 2.31. The Morgan fingerprint density at radius 3 is 2.46 bits per heavy atom. The number of pyridine rings is 1. The monoisotopic (exact) mass is 374 g/mol. The minimum atomic E-state index is 0.0399. The lowest BCUT2D eigenvalue weighted by molar-refractivity contribution is 0.232. The van der Waals surface area contributed by atoms with E-state index in [4.69, 9.17) is 4.74 Å². The number of rotatable bonds is 4. The van der Waals surface area contributed by atoms with Crippen molar-refractivity contribution in [2.24, 2.45) is 0 Å². The Kier molecular flexibility index (Phi) is 4.94. The number of aromatic nitrogens is 3. The Morgan fingerprint density at radius 1 is 1.00 bits per heavy atom. The Labute approximate surface area is 164 Å². The van der Waals surface area contributed by atoms with Gasteiger partial charge in [-0.1, -0.05) is 18.2 Å². The summed E-state index contributed by atoms with van der Waals surface area (Å²) in [6.07, 6.45) is 5.05. The van der Waals surface area contributed by atoms with Crippen LogP contribution in [0.5, 0.6) is 5.88 Å². The molecule has 0 spiro atoms. The van der Waals surface area contributed by atoms with Gasteiger partial charge >= 0.3 is 0 Å². The molecule has 3 heterocycles. The zero-order valence-electron chi connectivity index (χ0n) is 16.0. The van der Waals surface area contributed by atoms with Crippen LogP contribution in [0.1, 0.15) is 19.4 Å². The Bertz CT molecular complexity index is 1020. The Balaban J connectivity index is 1.59. The van der Waals surface area contributed by atoms with Crippen molar-refractivity contribution in [3.8, 4) is 11.9 Å². The highest BCUT2D eigenvalue weighted by molar-refractivity contribution is 5.94. The highest BCUT2D eigenvalue weighted by Gasteiger charge is 2.24. The molecular formula is C21H22N6O. The number of piperazine rings is 1. The molecule has 0 N–H and O–H groups in total. The smallest absolute Gasteiger partial charge is 0.257 e. The molecule has 1 fully saturated rings. The van der Waals surface area contributed by atoms with Crippen molar-refractivity contribution >= 4 is 22.4 Å². The second-order valence-electron chi connectivity index (χ2n) is 6.98. The number of anilines is 2. The van der Waals surface area contributed by atoms with Crippen LogP contribution in [0, 0.1) is 11.3 Å². The molecule has 0 unspecified atom stereocenters. The molecule has 1 saturated heterocycles. The first-order chi connectivity index (χ1) is 13.7. The van der Waals surface area contributed by atoms with Crippen molar-refractivity contribution in [3.63, 3.8) is 0 Å². The molecule has 7 nitrogen and oxygen atoms in total. The van der Waals surface area contributed by atoms with Gasteiger partial charge < -0.3 is 14.5 Å². The summed E-state index contributed by atoms with van der Waals surface area (Å²) < 4.78 is 5.82. The van der Waals surface area contributed by atoms with Crippen LogP contribution in [0.3, 0.4) is 0 Å². The van der Waals surface area contributed by atoms with Crippen molar-refractivity contribution in [1.82, 2.24) is 15.0 Å². The fourth-order valence-corrected chi connectivity index (χ4v) is 3.53. The van der Waals surface area contributed by atoms with E-state index in [-0.39, 0.29) is 6.10 Å². The van der Waals surface area contributed by atoms with Crippen LogP contribution in [0.4, 0.5) is 11.5 Å². The molecule has 1 aromatic carbocycles. The molecule has 0 bridgehead atoms. The van der Waals surface area contributed by atoms with Crippen LogP contribution >= 0.6 is 0 Å². The van der Waals surface area contributed by atoms with E-state index in [1.807, 2.05) is 38.1 Å². The van der Waals surface area contributed by atoms with E-state index < -0.39 is 0 Å². The minimum absolute atomic E-state index is 0.0399. The third-order valence-corrected chi connectivity index (χ3v) is 4.76. The number of ether oxygens (including phenoxy) is 1. The average molecular weight is 374 g/mol. The molecule has 28 heavy (non-hydrogen) atoms. The van der Waals surface area contributed by atoms with Crippen LogP contribution in [-0.4, -0.2) is 47.2 Å². The zero-order chi connectivity index (χ0) is 19.5. The molecule has 7 heteroatoms. The third kappa shape index (κ3) is 3.41. The first-order valence-corrected chi connectivity index (χ1v) is 9.43. The normalized spacial score (nSPS) is 14.4. The summed E-state index contributed by atoms with van der Waals surface area (Å²) in [5, 5.41) is 10.6. The number of benzene rings is 1. The van der Waals surface area contributed by atoms with Crippen molar-refractivity contribution in [3.05, 3.63) is 48.4 Å². The summed E-state index contributed by atoms with van der Waals surface area (Å²) in [5.41, 5.74) is 2.47. The number of para-hydroxylation sites is 1. The maximum Gasteiger partial charge on any atom is 0.257 e. The minimum Gasteiger partial charge on any atom is -0.472 e. The van der Waals surface area contributed by atoms with Gasteiger partial charge in [-0.3, -0.25) is 4.98 Å². The third-order valence-electron chi connectivity index (χ3n) is 4.76. The van der Waals surface area contributed by atoms with Gasteiger partial charge in [-0.2, -0.15) is 5.26 Å². The Hall–Kier alpha value is -3.40.